The zero-order chi connectivity index (χ0) is 22.8. The number of rotatable bonds is 5. The van der Waals surface area contributed by atoms with Gasteiger partial charge in [-0.15, -0.1) is 0 Å². The first kappa shape index (κ1) is 21.6. The molecule has 33 heavy (non-hydrogen) atoms. The SMILES string of the molecule is CN1C(=O)C(NC(=O)C2N=CN(Cc3ccccc3)N2)CCn2nc(C3CCOCC3)cc21. The Morgan fingerprint density at radius 2 is 2.00 bits per heavy atom. The lowest BCUT2D eigenvalue weighted by Crippen LogP contribution is -2.52. The van der Waals surface area contributed by atoms with Gasteiger partial charge in [0.1, 0.15) is 18.2 Å². The molecule has 4 heterocycles. The van der Waals surface area contributed by atoms with Crippen LogP contribution in [0, 0.1) is 0 Å². The fourth-order valence-corrected chi connectivity index (χ4v) is 4.52. The number of nitrogens with one attached hydrogen (secondary N) is 2. The van der Waals surface area contributed by atoms with Gasteiger partial charge in [0.05, 0.1) is 12.2 Å². The smallest absolute Gasteiger partial charge is 0.261 e. The summed E-state index contributed by atoms with van der Waals surface area (Å²) < 4.78 is 7.33. The monoisotopic (exact) mass is 451 g/mol. The van der Waals surface area contributed by atoms with Crippen molar-refractivity contribution >= 4 is 24.0 Å². The van der Waals surface area contributed by atoms with Gasteiger partial charge in [-0.3, -0.25) is 19.5 Å². The van der Waals surface area contributed by atoms with E-state index in [4.69, 9.17) is 9.84 Å². The Balaban J connectivity index is 1.19. The minimum absolute atomic E-state index is 0.149. The molecular weight excluding hydrogens is 422 g/mol. The fraction of sp³-hybridized carbons (Fsp3) is 0.478. The number of fused-ring (bicyclic) bond motifs is 1. The standard InChI is InChI=1S/C23H29N7O3/c1-28-20-13-19(17-8-11-33-12-9-17)26-30(20)10-7-18(23(28)32)25-22(31)21-24-15-29(27-21)14-16-5-3-2-4-6-16/h2-6,13,15,17-18,21,27H,7-12,14H2,1H3,(H,25,31). The lowest BCUT2D eigenvalue weighted by molar-refractivity contribution is -0.129. The molecule has 2 aromatic rings. The Hall–Kier alpha value is -3.24. The lowest BCUT2D eigenvalue weighted by Gasteiger charge is -2.23. The number of aromatic nitrogens is 2. The summed E-state index contributed by atoms with van der Waals surface area (Å²) in [7, 11) is 1.74. The third kappa shape index (κ3) is 4.62. The van der Waals surface area contributed by atoms with Gasteiger partial charge in [0.25, 0.3) is 11.8 Å². The first-order valence-electron chi connectivity index (χ1n) is 11.4. The zero-order valence-corrected chi connectivity index (χ0v) is 18.7. The Bertz CT molecular complexity index is 1030. The van der Waals surface area contributed by atoms with Crippen LogP contribution in [0.15, 0.2) is 41.4 Å². The number of aliphatic imine (C=N–C) groups is 1. The molecule has 2 unspecified atom stereocenters. The molecule has 3 aliphatic rings. The van der Waals surface area contributed by atoms with Crippen molar-refractivity contribution in [2.45, 2.75) is 50.5 Å². The number of carbonyl (C=O) groups is 2. The van der Waals surface area contributed by atoms with E-state index in [1.54, 1.807) is 23.3 Å². The largest absolute Gasteiger partial charge is 0.381 e. The molecule has 1 fully saturated rings. The van der Waals surface area contributed by atoms with E-state index >= 15 is 0 Å². The molecule has 0 aliphatic carbocycles. The summed E-state index contributed by atoms with van der Waals surface area (Å²) in [5.74, 6) is 0.659. The molecule has 10 nitrogen and oxygen atoms in total. The topological polar surface area (TPSA) is 104 Å². The van der Waals surface area contributed by atoms with Crippen molar-refractivity contribution in [2.24, 2.45) is 4.99 Å². The van der Waals surface area contributed by atoms with Crippen LogP contribution in [0.5, 0.6) is 0 Å². The maximum absolute atomic E-state index is 13.1. The molecule has 3 aliphatic heterocycles. The summed E-state index contributed by atoms with van der Waals surface area (Å²) in [5.41, 5.74) is 5.19. The summed E-state index contributed by atoms with van der Waals surface area (Å²) in [5, 5.41) is 9.42. The van der Waals surface area contributed by atoms with Crippen LogP contribution in [0.4, 0.5) is 5.82 Å². The van der Waals surface area contributed by atoms with E-state index in [2.05, 4.69) is 15.7 Å². The van der Waals surface area contributed by atoms with Gasteiger partial charge in [0.15, 0.2) is 6.17 Å². The highest BCUT2D eigenvalue weighted by atomic mass is 16.5. The van der Waals surface area contributed by atoms with E-state index in [1.165, 1.54) is 0 Å². The van der Waals surface area contributed by atoms with Gasteiger partial charge in [-0.2, -0.15) is 5.10 Å². The van der Waals surface area contributed by atoms with Crippen LogP contribution >= 0.6 is 0 Å². The van der Waals surface area contributed by atoms with Gasteiger partial charge in [0, 0.05) is 38.8 Å². The van der Waals surface area contributed by atoms with Gasteiger partial charge in [-0.1, -0.05) is 30.3 Å². The molecule has 0 radical (unpaired) electrons. The predicted molar refractivity (Wildman–Crippen MR) is 122 cm³/mol. The molecule has 0 spiro atoms. The number of aryl methyl sites for hydroxylation is 1. The molecule has 174 valence electrons. The third-order valence-electron chi connectivity index (χ3n) is 6.42. The molecule has 1 aromatic carbocycles. The van der Waals surface area contributed by atoms with Crippen LogP contribution in [-0.4, -0.2) is 65.4 Å². The second-order valence-corrected chi connectivity index (χ2v) is 8.69. The van der Waals surface area contributed by atoms with E-state index in [1.807, 2.05) is 41.1 Å². The highest BCUT2D eigenvalue weighted by molar-refractivity contribution is 5.99. The van der Waals surface area contributed by atoms with Crippen molar-refractivity contribution in [3.8, 4) is 0 Å². The van der Waals surface area contributed by atoms with Crippen LogP contribution < -0.4 is 15.6 Å². The minimum atomic E-state index is -0.757. The molecule has 2 amide bonds. The highest BCUT2D eigenvalue weighted by Gasteiger charge is 2.34. The Labute approximate surface area is 192 Å². The highest BCUT2D eigenvalue weighted by Crippen LogP contribution is 2.30. The average Bonchev–Trinajstić information content (AvgIpc) is 3.47. The van der Waals surface area contributed by atoms with E-state index in [0.717, 1.165) is 43.1 Å². The second-order valence-electron chi connectivity index (χ2n) is 8.69. The van der Waals surface area contributed by atoms with Crippen LogP contribution in [-0.2, 0) is 27.4 Å². The molecule has 0 saturated carbocycles. The normalized spacial score (nSPS) is 23.5. The first-order valence-corrected chi connectivity index (χ1v) is 11.4. The lowest BCUT2D eigenvalue weighted by atomic mass is 9.97. The van der Waals surface area contributed by atoms with Gasteiger partial charge >= 0.3 is 0 Å². The van der Waals surface area contributed by atoms with Gasteiger partial charge in [-0.25, -0.2) is 15.1 Å². The van der Waals surface area contributed by atoms with Crippen LogP contribution in [0.2, 0.25) is 0 Å². The average molecular weight is 452 g/mol. The maximum atomic E-state index is 13.1. The quantitative estimate of drug-likeness (QED) is 0.703. The zero-order valence-electron chi connectivity index (χ0n) is 18.7. The number of hydrazine groups is 1. The van der Waals surface area contributed by atoms with Crippen LogP contribution in [0.25, 0.3) is 0 Å². The second kappa shape index (κ2) is 9.32. The maximum Gasteiger partial charge on any atom is 0.261 e. The molecule has 5 rings (SSSR count). The number of likely N-dealkylation sites (N-methyl/N-ethyl adjacent to an activating group) is 1. The van der Waals surface area contributed by atoms with Gasteiger partial charge < -0.3 is 10.1 Å². The Kier molecular flexibility index (Phi) is 6.10. The van der Waals surface area contributed by atoms with Crippen molar-refractivity contribution in [1.29, 1.82) is 0 Å². The van der Waals surface area contributed by atoms with Crippen molar-refractivity contribution in [2.75, 3.05) is 25.2 Å². The first-order chi connectivity index (χ1) is 16.1. The summed E-state index contributed by atoms with van der Waals surface area (Å²) in [6.07, 6.45) is 3.23. The molecule has 2 N–H and O–H groups in total. The van der Waals surface area contributed by atoms with Gasteiger partial charge in [-0.05, 0) is 24.8 Å². The van der Waals surface area contributed by atoms with Crippen LogP contribution in [0.3, 0.4) is 0 Å². The Morgan fingerprint density at radius 1 is 1.21 bits per heavy atom. The van der Waals surface area contributed by atoms with Crippen molar-refractivity contribution in [3.05, 3.63) is 47.7 Å². The molecule has 10 heteroatoms. The Morgan fingerprint density at radius 3 is 2.79 bits per heavy atom. The number of nitrogens with zero attached hydrogens (tertiary/aromatic N) is 5. The molecular formula is C23H29N7O3. The predicted octanol–water partition coefficient (Wildman–Crippen LogP) is 1.00. The van der Waals surface area contributed by atoms with Gasteiger partial charge in [0.2, 0.25) is 0 Å². The third-order valence-corrected chi connectivity index (χ3v) is 6.42. The summed E-state index contributed by atoms with van der Waals surface area (Å²) in [6, 6.07) is 11.3. The van der Waals surface area contributed by atoms with E-state index < -0.39 is 12.2 Å². The van der Waals surface area contributed by atoms with E-state index in [9.17, 15) is 9.59 Å². The number of hydrogen-bond acceptors (Lipinski definition) is 7. The number of hydrogen-bond donors (Lipinski definition) is 2. The number of ether oxygens (including phenoxy) is 1. The number of anilines is 1. The number of benzene rings is 1. The minimum Gasteiger partial charge on any atom is -0.381 e. The van der Waals surface area contributed by atoms with Crippen molar-refractivity contribution < 1.29 is 14.3 Å². The van der Waals surface area contributed by atoms with E-state index in [-0.39, 0.29) is 11.8 Å². The van der Waals surface area contributed by atoms with Crippen LogP contribution in [0.1, 0.15) is 36.4 Å². The van der Waals surface area contributed by atoms with E-state index in [0.29, 0.717) is 25.4 Å². The van der Waals surface area contributed by atoms with Crippen molar-refractivity contribution in [1.82, 2.24) is 25.5 Å². The molecule has 0 bridgehead atoms. The molecule has 1 aromatic heterocycles. The summed E-state index contributed by atoms with van der Waals surface area (Å²) >= 11 is 0. The number of carbonyl (C=O) groups excluding carboxylic acids is 2. The molecule has 1 saturated heterocycles. The summed E-state index contributed by atoms with van der Waals surface area (Å²) in [4.78, 5) is 31.8. The molecule has 2 atom stereocenters. The fourth-order valence-electron chi connectivity index (χ4n) is 4.52. The summed E-state index contributed by atoms with van der Waals surface area (Å²) in [6.45, 7) is 2.64. The van der Waals surface area contributed by atoms with Crippen molar-refractivity contribution in [3.63, 3.8) is 0 Å². The number of amides is 2.